The molecular formula is C15H16N6O. The van der Waals surface area contributed by atoms with Gasteiger partial charge in [0.15, 0.2) is 5.82 Å². The Morgan fingerprint density at radius 2 is 1.86 bits per heavy atom. The van der Waals surface area contributed by atoms with E-state index >= 15 is 0 Å². The summed E-state index contributed by atoms with van der Waals surface area (Å²) in [7, 11) is 0. The second-order valence-electron chi connectivity index (χ2n) is 5.68. The van der Waals surface area contributed by atoms with Crippen LogP contribution in [0.25, 0.3) is 17.1 Å². The number of benzene rings is 1. The molecule has 7 nitrogen and oxygen atoms in total. The first-order chi connectivity index (χ1) is 10.8. The summed E-state index contributed by atoms with van der Waals surface area (Å²) in [5.74, 6) is 1.27. The van der Waals surface area contributed by atoms with Crippen molar-refractivity contribution in [2.45, 2.75) is 24.7 Å². The monoisotopic (exact) mass is 296 g/mol. The summed E-state index contributed by atoms with van der Waals surface area (Å²) in [6.45, 7) is 0.568. The number of nitrogens with zero attached hydrogens (tertiary/aromatic N) is 5. The minimum Gasteiger partial charge on any atom is -0.334 e. The summed E-state index contributed by atoms with van der Waals surface area (Å²) in [5.41, 5.74) is 7.68. The van der Waals surface area contributed by atoms with E-state index in [1.165, 1.54) is 6.42 Å². The van der Waals surface area contributed by atoms with Crippen molar-refractivity contribution < 1.29 is 4.52 Å². The highest BCUT2D eigenvalue weighted by Crippen LogP contribution is 2.41. The van der Waals surface area contributed by atoms with Gasteiger partial charge < -0.3 is 10.3 Å². The van der Waals surface area contributed by atoms with Gasteiger partial charge in [0.25, 0.3) is 5.89 Å². The molecule has 1 aliphatic carbocycles. The SMILES string of the molecule is NCC1(c2noc(-c3ccc(-n4cnnc4)cc3)n2)CCC1. The average Bonchev–Trinajstić information content (AvgIpc) is 3.19. The van der Waals surface area contributed by atoms with Gasteiger partial charge in [-0.15, -0.1) is 10.2 Å². The van der Waals surface area contributed by atoms with Crippen LogP contribution in [0.4, 0.5) is 0 Å². The maximum absolute atomic E-state index is 5.89. The molecule has 0 atom stereocenters. The Labute approximate surface area is 127 Å². The summed E-state index contributed by atoms with van der Waals surface area (Å²) in [6.07, 6.45) is 6.56. The minimum atomic E-state index is -0.0792. The van der Waals surface area contributed by atoms with Crippen LogP contribution in [0.5, 0.6) is 0 Å². The summed E-state index contributed by atoms with van der Waals surface area (Å²) in [5, 5.41) is 11.7. The number of aromatic nitrogens is 5. The maximum atomic E-state index is 5.89. The van der Waals surface area contributed by atoms with E-state index in [0.29, 0.717) is 12.4 Å². The van der Waals surface area contributed by atoms with Gasteiger partial charge in [-0.2, -0.15) is 4.98 Å². The molecule has 0 aliphatic heterocycles. The van der Waals surface area contributed by atoms with Crippen molar-refractivity contribution >= 4 is 0 Å². The highest BCUT2D eigenvalue weighted by Gasteiger charge is 2.41. The molecule has 0 saturated heterocycles. The zero-order chi connectivity index (χ0) is 15.0. The molecule has 1 saturated carbocycles. The molecule has 4 rings (SSSR count). The molecule has 0 unspecified atom stereocenters. The largest absolute Gasteiger partial charge is 0.334 e. The molecule has 1 aromatic carbocycles. The first kappa shape index (κ1) is 13.1. The summed E-state index contributed by atoms with van der Waals surface area (Å²) >= 11 is 0. The zero-order valence-corrected chi connectivity index (χ0v) is 12.0. The predicted octanol–water partition coefficient (Wildman–Crippen LogP) is 1.70. The lowest BCUT2D eigenvalue weighted by molar-refractivity contribution is 0.229. The third-order valence-corrected chi connectivity index (χ3v) is 4.43. The number of hydrogen-bond acceptors (Lipinski definition) is 6. The Balaban J connectivity index is 1.61. The van der Waals surface area contributed by atoms with Crippen molar-refractivity contribution in [3.05, 3.63) is 42.7 Å². The third kappa shape index (κ3) is 2.01. The minimum absolute atomic E-state index is 0.0792. The molecule has 1 fully saturated rings. The number of nitrogens with two attached hydrogens (primary N) is 1. The second kappa shape index (κ2) is 5.03. The van der Waals surface area contributed by atoms with E-state index in [4.69, 9.17) is 10.3 Å². The van der Waals surface area contributed by atoms with E-state index in [1.807, 2.05) is 28.8 Å². The van der Waals surface area contributed by atoms with Gasteiger partial charge in [0.2, 0.25) is 0 Å². The smallest absolute Gasteiger partial charge is 0.257 e. The number of rotatable bonds is 4. The van der Waals surface area contributed by atoms with Crippen LogP contribution in [-0.2, 0) is 5.41 Å². The quantitative estimate of drug-likeness (QED) is 0.787. The Bertz CT molecular complexity index is 752. The second-order valence-corrected chi connectivity index (χ2v) is 5.68. The maximum Gasteiger partial charge on any atom is 0.257 e. The van der Waals surface area contributed by atoms with Crippen molar-refractivity contribution in [3.8, 4) is 17.1 Å². The average molecular weight is 296 g/mol. The zero-order valence-electron chi connectivity index (χ0n) is 12.0. The fraction of sp³-hybridized carbons (Fsp3) is 0.333. The summed E-state index contributed by atoms with van der Waals surface area (Å²) in [4.78, 5) is 4.55. The van der Waals surface area contributed by atoms with Crippen molar-refractivity contribution in [1.82, 2.24) is 24.9 Å². The van der Waals surface area contributed by atoms with Crippen LogP contribution in [0.2, 0.25) is 0 Å². The Kier molecular flexibility index (Phi) is 3.00. The van der Waals surface area contributed by atoms with Crippen molar-refractivity contribution in [2.24, 2.45) is 5.73 Å². The van der Waals surface area contributed by atoms with Gasteiger partial charge in [-0.25, -0.2) is 0 Å². The van der Waals surface area contributed by atoms with E-state index in [0.717, 1.165) is 29.9 Å². The molecule has 1 aliphatic rings. The lowest BCUT2D eigenvalue weighted by Gasteiger charge is -2.37. The highest BCUT2D eigenvalue weighted by molar-refractivity contribution is 5.55. The first-order valence-electron chi connectivity index (χ1n) is 7.30. The van der Waals surface area contributed by atoms with E-state index in [9.17, 15) is 0 Å². The van der Waals surface area contributed by atoms with Crippen LogP contribution in [0.15, 0.2) is 41.4 Å². The van der Waals surface area contributed by atoms with Crippen LogP contribution in [0.1, 0.15) is 25.1 Å². The summed E-state index contributed by atoms with van der Waals surface area (Å²) in [6, 6.07) is 7.82. The fourth-order valence-corrected chi connectivity index (χ4v) is 2.79. The van der Waals surface area contributed by atoms with Gasteiger partial charge >= 0.3 is 0 Å². The normalized spacial score (nSPS) is 16.4. The molecule has 2 aromatic heterocycles. The molecule has 0 radical (unpaired) electrons. The van der Waals surface area contributed by atoms with Crippen molar-refractivity contribution in [2.75, 3.05) is 6.54 Å². The van der Waals surface area contributed by atoms with Crippen LogP contribution in [0.3, 0.4) is 0 Å². The Morgan fingerprint density at radius 1 is 1.14 bits per heavy atom. The van der Waals surface area contributed by atoms with Gasteiger partial charge in [0, 0.05) is 23.2 Å². The molecule has 2 heterocycles. The molecule has 2 N–H and O–H groups in total. The van der Waals surface area contributed by atoms with Crippen LogP contribution in [0, 0.1) is 0 Å². The fourth-order valence-electron chi connectivity index (χ4n) is 2.79. The summed E-state index contributed by atoms with van der Waals surface area (Å²) < 4.78 is 7.25. The lowest BCUT2D eigenvalue weighted by Crippen LogP contribution is -2.42. The standard InChI is InChI=1S/C15H16N6O/c16-8-15(6-1-7-15)14-19-13(22-20-14)11-2-4-12(5-3-11)21-9-17-18-10-21/h2-5,9-10H,1,6-8,16H2. The first-order valence-corrected chi connectivity index (χ1v) is 7.30. The van der Waals surface area contributed by atoms with E-state index in [2.05, 4.69) is 20.3 Å². The Hall–Kier alpha value is -2.54. The van der Waals surface area contributed by atoms with Gasteiger partial charge in [0.1, 0.15) is 12.7 Å². The molecule has 7 heteroatoms. The highest BCUT2D eigenvalue weighted by atomic mass is 16.5. The Morgan fingerprint density at radius 3 is 2.45 bits per heavy atom. The lowest BCUT2D eigenvalue weighted by atomic mass is 9.68. The van der Waals surface area contributed by atoms with Gasteiger partial charge in [-0.05, 0) is 37.1 Å². The molecule has 0 spiro atoms. The topological polar surface area (TPSA) is 95.7 Å². The predicted molar refractivity (Wildman–Crippen MR) is 79.2 cm³/mol. The van der Waals surface area contributed by atoms with E-state index in [1.54, 1.807) is 12.7 Å². The third-order valence-electron chi connectivity index (χ3n) is 4.43. The molecule has 0 amide bonds. The van der Waals surface area contributed by atoms with Gasteiger partial charge in [-0.1, -0.05) is 11.6 Å². The molecule has 112 valence electrons. The van der Waals surface area contributed by atoms with Crippen LogP contribution in [-0.4, -0.2) is 31.4 Å². The molecule has 22 heavy (non-hydrogen) atoms. The van der Waals surface area contributed by atoms with E-state index in [-0.39, 0.29) is 5.41 Å². The molecule has 3 aromatic rings. The molecule has 0 bridgehead atoms. The van der Waals surface area contributed by atoms with Crippen LogP contribution < -0.4 is 5.73 Å². The van der Waals surface area contributed by atoms with Crippen LogP contribution >= 0.6 is 0 Å². The van der Waals surface area contributed by atoms with Crippen molar-refractivity contribution in [1.29, 1.82) is 0 Å². The van der Waals surface area contributed by atoms with Crippen molar-refractivity contribution in [3.63, 3.8) is 0 Å². The molecular weight excluding hydrogens is 280 g/mol. The van der Waals surface area contributed by atoms with E-state index < -0.39 is 0 Å². The van der Waals surface area contributed by atoms with Gasteiger partial charge in [-0.3, -0.25) is 4.57 Å². The number of hydrogen-bond donors (Lipinski definition) is 1. The van der Waals surface area contributed by atoms with Gasteiger partial charge in [0.05, 0.1) is 0 Å².